The van der Waals surface area contributed by atoms with Crippen molar-refractivity contribution in [2.75, 3.05) is 0 Å². The Balaban J connectivity index is 1.91. The molecule has 0 saturated carbocycles. The average Bonchev–Trinajstić information content (AvgIpc) is 2.95. The standard InChI is InChI=1S/C17H10ClN5/c1-12-22-14(3-2-13-6-7-20-15(8-13)9-19)11-23(12)16-4-5-17(18)21-10-16/h4-8,10-11H,1H3. The van der Waals surface area contributed by atoms with Crippen LogP contribution in [0.4, 0.5) is 0 Å². The minimum Gasteiger partial charge on any atom is -0.301 e. The molecule has 3 heterocycles. The van der Waals surface area contributed by atoms with Crippen LogP contribution in [0.3, 0.4) is 0 Å². The summed E-state index contributed by atoms with van der Waals surface area (Å²) in [5.41, 5.74) is 2.55. The van der Waals surface area contributed by atoms with E-state index in [1.165, 1.54) is 0 Å². The molecule has 5 nitrogen and oxygen atoms in total. The first kappa shape index (κ1) is 14.8. The first-order valence-corrected chi connectivity index (χ1v) is 7.09. The van der Waals surface area contributed by atoms with E-state index in [9.17, 15) is 0 Å². The van der Waals surface area contributed by atoms with E-state index in [0.717, 1.165) is 17.1 Å². The number of hydrogen-bond acceptors (Lipinski definition) is 4. The third-order valence-corrected chi connectivity index (χ3v) is 3.31. The molecule has 6 heteroatoms. The summed E-state index contributed by atoms with van der Waals surface area (Å²) in [5.74, 6) is 6.77. The summed E-state index contributed by atoms with van der Waals surface area (Å²) in [5, 5.41) is 9.28. The molecular formula is C17H10ClN5. The fraction of sp³-hybridized carbons (Fsp3) is 0.0588. The van der Waals surface area contributed by atoms with Crippen molar-refractivity contribution >= 4 is 11.6 Å². The predicted octanol–water partition coefficient (Wildman–Crippen LogP) is 2.90. The van der Waals surface area contributed by atoms with Gasteiger partial charge in [0, 0.05) is 18.0 Å². The van der Waals surface area contributed by atoms with Crippen LogP contribution in [0, 0.1) is 30.1 Å². The number of nitriles is 1. The molecule has 0 N–H and O–H groups in total. The van der Waals surface area contributed by atoms with Crippen LogP contribution in [0.1, 0.15) is 22.8 Å². The number of aryl methyl sites for hydroxylation is 1. The minimum atomic E-state index is 0.339. The molecule has 0 saturated heterocycles. The molecule has 0 bridgehead atoms. The molecule has 23 heavy (non-hydrogen) atoms. The third kappa shape index (κ3) is 3.37. The van der Waals surface area contributed by atoms with Gasteiger partial charge in [-0.2, -0.15) is 5.26 Å². The second kappa shape index (κ2) is 6.31. The minimum absolute atomic E-state index is 0.339. The van der Waals surface area contributed by atoms with Crippen molar-refractivity contribution in [3.8, 4) is 23.6 Å². The second-order valence-electron chi connectivity index (χ2n) is 4.67. The highest BCUT2D eigenvalue weighted by atomic mass is 35.5. The van der Waals surface area contributed by atoms with Crippen LogP contribution >= 0.6 is 11.6 Å². The molecule has 0 fully saturated rings. The van der Waals surface area contributed by atoms with Crippen LogP contribution in [-0.4, -0.2) is 19.5 Å². The molecule has 0 aliphatic carbocycles. The molecule has 0 amide bonds. The quantitative estimate of drug-likeness (QED) is 0.511. The van der Waals surface area contributed by atoms with Crippen LogP contribution in [-0.2, 0) is 0 Å². The van der Waals surface area contributed by atoms with E-state index in [-0.39, 0.29) is 0 Å². The molecule has 110 valence electrons. The summed E-state index contributed by atoms with van der Waals surface area (Å²) in [6, 6.07) is 8.97. The lowest BCUT2D eigenvalue weighted by molar-refractivity contribution is 0.965. The van der Waals surface area contributed by atoms with E-state index < -0.39 is 0 Å². The smallest absolute Gasteiger partial charge is 0.141 e. The van der Waals surface area contributed by atoms with Crippen LogP contribution in [0.25, 0.3) is 5.69 Å². The Bertz CT molecular complexity index is 955. The van der Waals surface area contributed by atoms with Crippen LogP contribution in [0.15, 0.2) is 42.9 Å². The van der Waals surface area contributed by atoms with E-state index in [1.54, 1.807) is 30.6 Å². The number of rotatable bonds is 1. The Morgan fingerprint density at radius 2 is 2.00 bits per heavy atom. The van der Waals surface area contributed by atoms with Gasteiger partial charge >= 0.3 is 0 Å². The number of aromatic nitrogens is 4. The first-order valence-electron chi connectivity index (χ1n) is 6.72. The molecule has 0 aromatic carbocycles. The van der Waals surface area contributed by atoms with Crippen molar-refractivity contribution in [3.63, 3.8) is 0 Å². The Morgan fingerprint density at radius 3 is 2.74 bits per heavy atom. The lowest BCUT2D eigenvalue weighted by Crippen LogP contribution is -1.95. The monoisotopic (exact) mass is 319 g/mol. The average molecular weight is 320 g/mol. The molecule has 0 aliphatic heterocycles. The number of nitrogens with zero attached hydrogens (tertiary/aromatic N) is 5. The van der Waals surface area contributed by atoms with Gasteiger partial charge in [0.05, 0.1) is 11.9 Å². The number of pyridine rings is 2. The zero-order valence-corrected chi connectivity index (χ0v) is 12.9. The summed E-state index contributed by atoms with van der Waals surface area (Å²) in [4.78, 5) is 12.4. The molecule has 0 radical (unpaired) electrons. The molecule has 3 aromatic rings. The molecular weight excluding hydrogens is 310 g/mol. The van der Waals surface area contributed by atoms with Crippen LogP contribution in [0.5, 0.6) is 0 Å². The van der Waals surface area contributed by atoms with Gasteiger partial charge in [-0.15, -0.1) is 0 Å². The van der Waals surface area contributed by atoms with E-state index >= 15 is 0 Å². The van der Waals surface area contributed by atoms with E-state index in [1.807, 2.05) is 29.8 Å². The molecule has 0 atom stereocenters. The Labute approximate surface area is 138 Å². The van der Waals surface area contributed by atoms with E-state index in [4.69, 9.17) is 16.9 Å². The van der Waals surface area contributed by atoms with Crippen molar-refractivity contribution in [1.82, 2.24) is 19.5 Å². The van der Waals surface area contributed by atoms with Gasteiger partial charge in [-0.1, -0.05) is 17.5 Å². The van der Waals surface area contributed by atoms with Crippen LogP contribution in [0.2, 0.25) is 5.15 Å². The van der Waals surface area contributed by atoms with Gasteiger partial charge in [-0.05, 0) is 37.1 Å². The van der Waals surface area contributed by atoms with Gasteiger partial charge in [0.2, 0.25) is 0 Å². The highest BCUT2D eigenvalue weighted by Crippen LogP contribution is 2.13. The van der Waals surface area contributed by atoms with Crippen molar-refractivity contribution in [1.29, 1.82) is 5.26 Å². The van der Waals surface area contributed by atoms with Crippen molar-refractivity contribution in [2.45, 2.75) is 6.92 Å². The van der Waals surface area contributed by atoms with Gasteiger partial charge in [0.25, 0.3) is 0 Å². The van der Waals surface area contributed by atoms with Crippen molar-refractivity contribution in [2.24, 2.45) is 0 Å². The third-order valence-electron chi connectivity index (χ3n) is 3.08. The van der Waals surface area contributed by atoms with E-state index in [0.29, 0.717) is 16.5 Å². The SMILES string of the molecule is Cc1nc(C#Cc2ccnc(C#N)c2)cn1-c1ccc(Cl)nc1. The summed E-state index contributed by atoms with van der Waals surface area (Å²) in [6.45, 7) is 1.89. The highest BCUT2D eigenvalue weighted by molar-refractivity contribution is 6.29. The molecule has 3 rings (SSSR count). The second-order valence-corrected chi connectivity index (χ2v) is 5.06. The largest absolute Gasteiger partial charge is 0.301 e. The number of halogens is 1. The Kier molecular flexibility index (Phi) is 4.05. The van der Waals surface area contributed by atoms with Gasteiger partial charge in [-0.25, -0.2) is 15.0 Å². The number of hydrogen-bond donors (Lipinski definition) is 0. The van der Waals surface area contributed by atoms with Gasteiger partial charge in [0.1, 0.15) is 28.4 Å². The highest BCUT2D eigenvalue weighted by Gasteiger charge is 2.05. The lowest BCUT2D eigenvalue weighted by atomic mass is 10.2. The van der Waals surface area contributed by atoms with Gasteiger partial charge < -0.3 is 4.57 Å². The van der Waals surface area contributed by atoms with Crippen molar-refractivity contribution in [3.05, 3.63) is 70.8 Å². The zero-order valence-electron chi connectivity index (χ0n) is 12.2. The van der Waals surface area contributed by atoms with E-state index in [2.05, 4.69) is 26.8 Å². The molecule has 0 unspecified atom stereocenters. The van der Waals surface area contributed by atoms with Gasteiger partial charge in [-0.3, -0.25) is 0 Å². The van der Waals surface area contributed by atoms with Gasteiger partial charge in [0.15, 0.2) is 0 Å². The maximum Gasteiger partial charge on any atom is 0.141 e. The lowest BCUT2D eigenvalue weighted by Gasteiger charge is -2.02. The normalized spacial score (nSPS) is 9.78. The summed E-state index contributed by atoms with van der Waals surface area (Å²) in [6.07, 6.45) is 5.07. The molecule has 3 aromatic heterocycles. The van der Waals surface area contributed by atoms with Crippen LogP contribution < -0.4 is 0 Å². The molecule has 0 aliphatic rings. The molecule has 0 spiro atoms. The predicted molar refractivity (Wildman–Crippen MR) is 86.0 cm³/mol. The topological polar surface area (TPSA) is 67.4 Å². The Morgan fingerprint density at radius 1 is 1.13 bits per heavy atom. The maximum atomic E-state index is 8.84. The number of imidazole rings is 1. The maximum absolute atomic E-state index is 8.84. The van der Waals surface area contributed by atoms with Crippen molar-refractivity contribution < 1.29 is 0 Å². The summed E-state index contributed by atoms with van der Waals surface area (Å²) in [7, 11) is 0. The fourth-order valence-electron chi connectivity index (χ4n) is 2.01. The summed E-state index contributed by atoms with van der Waals surface area (Å²) >= 11 is 5.80. The first-order chi connectivity index (χ1) is 11.2. The zero-order chi connectivity index (χ0) is 16.2. The fourth-order valence-corrected chi connectivity index (χ4v) is 2.12. The Hall–Kier alpha value is -3.15. The summed E-state index contributed by atoms with van der Waals surface area (Å²) < 4.78 is 1.89.